The molecule has 0 aromatic carbocycles. The Kier molecular flexibility index (Phi) is 2.01. The van der Waals surface area contributed by atoms with Crippen LogP contribution in [0.3, 0.4) is 0 Å². The standard InChI is InChI=1S/C6H3IN2/c1-8-6-3-2-5(7)4-9-6/h2-4H. The van der Waals surface area contributed by atoms with Gasteiger partial charge in [0.1, 0.15) is 6.20 Å². The molecule has 0 spiro atoms. The van der Waals surface area contributed by atoms with E-state index in [4.69, 9.17) is 6.57 Å². The van der Waals surface area contributed by atoms with Crippen molar-refractivity contribution in [3.05, 3.63) is 33.3 Å². The molecular formula is C6H3IN2. The van der Waals surface area contributed by atoms with E-state index in [9.17, 15) is 0 Å². The average molecular weight is 230 g/mol. The summed E-state index contributed by atoms with van der Waals surface area (Å²) >= 11 is 2.15. The Bertz CT molecular complexity index is 234. The van der Waals surface area contributed by atoms with Gasteiger partial charge in [0.2, 0.25) is 0 Å². The van der Waals surface area contributed by atoms with Gasteiger partial charge < -0.3 is 4.85 Å². The quantitative estimate of drug-likeness (QED) is 0.493. The Hall–Kier alpha value is -0.630. The van der Waals surface area contributed by atoms with Crippen LogP contribution in [-0.2, 0) is 0 Å². The monoisotopic (exact) mass is 230 g/mol. The zero-order valence-corrected chi connectivity index (χ0v) is 6.66. The first-order chi connectivity index (χ1) is 4.33. The van der Waals surface area contributed by atoms with Crippen LogP contribution < -0.4 is 0 Å². The fourth-order valence-electron chi connectivity index (χ4n) is 0.434. The molecular weight excluding hydrogens is 227 g/mol. The van der Waals surface area contributed by atoms with Gasteiger partial charge in [-0.15, -0.1) is 4.98 Å². The Balaban J connectivity index is 3.06. The van der Waals surface area contributed by atoms with Gasteiger partial charge in [0.25, 0.3) is 5.82 Å². The van der Waals surface area contributed by atoms with E-state index in [1.165, 1.54) is 0 Å². The summed E-state index contributed by atoms with van der Waals surface area (Å²) in [5, 5.41) is 0. The molecule has 0 aliphatic carbocycles. The van der Waals surface area contributed by atoms with Gasteiger partial charge in [-0.3, -0.25) is 0 Å². The molecule has 0 atom stereocenters. The van der Waals surface area contributed by atoms with Crippen molar-refractivity contribution in [2.75, 3.05) is 0 Å². The van der Waals surface area contributed by atoms with Gasteiger partial charge in [0.05, 0.1) is 3.57 Å². The molecule has 1 aromatic rings. The topological polar surface area (TPSA) is 17.2 Å². The minimum atomic E-state index is 0.454. The lowest BCUT2D eigenvalue weighted by Gasteiger charge is -1.84. The van der Waals surface area contributed by atoms with E-state index >= 15 is 0 Å². The second kappa shape index (κ2) is 2.78. The highest BCUT2D eigenvalue weighted by atomic mass is 127. The predicted molar refractivity (Wildman–Crippen MR) is 43.2 cm³/mol. The van der Waals surface area contributed by atoms with Crippen molar-refractivity contribution in [2.45, 2.75) is 0 Å². The van der Waals surface area contributed by atoms with Crippen molar-refractivity contribution < 1.29 is 0 Å². The van der Waals surface area contributed by atoms with Crippen molar-refractivity contribution in [1.29, 1.82) is 0 Å². The van der Waals surface area contributed by atoms with Crippen LogP contribution in [-0.4, -0.2) is 4.98 Å². The van der Waals surface area contributed by atoms with Crippen molar-refractivity contribution in [2.24, 2.45) is 0 Å². The Morgan fingerprint density at radius 3 is 2.78 bits per heavy atom. The summed E-state index contributed by atoms with van der Waals surface area (Å²) in [4.78, 5) is 6.98. The number of aromatic nitrogens is 1. The van der Waals surface area contributed by atoms with Gasteiger partial charge in [-0.25, -0.2) is 0 Å². The second-order valence-corrected chi connectivity index (χ2v) is 2.69. The summed E-state index contributed by atoms with van der Waals surface area (Å²) in [5.74, 6) is 0.454. The fourth-order valence-corrected chi connectivity index (χ4v) is 0.753. The Morgan fingerprint density at radius 1 is 1.56 bits per heavy atom. The number of hydrogen-bond acceptors (Lipinski definition) is 1. The SMILES string of the molecule is [C-]#[N+]c1ccc(I)cn1. The third-order valence-electron chi connectivity index (χ3n) is 0.826. The molecule has 0 bridgehead atoms. The summed E-state index contributed by atoms with van der Waals surface area (Å²) in [6, 6.07) is 3.57. The van der Waals surface area contributed by atoms with Crippen molar-refractivity contribution >= 4 is 28.4 Å². The van der Waals surface area contributed by atoms with Gasteiger partial charge in [0.15, 0.2) is 0 Å². The number of hydrogen-bond donors (Lipinski definition) is 0. The molecule has 0 fully saturated rings. The minimum Gasteiger partial charge on any atom is -0.361 e. The molecule has 3 heteroatoms. The van der Waals surface area contributed by atoms with E-state index in [0.29, 0.717) is 5.82 Å². The summed E-state index contributed by atoms with van der Waals surface area (Å²) in [5.41, 5.74) is 0. The summed E-state index contributed by atoms with van der Waals surface area (Å²) in [7, 11) is 0. The van der Waals surface area contributed by atoms with Crippen LogP contribution in [0, 0.1) is 10.1 Å². The number of rotatable bonds is 0. The van der Waals surface area contributed by atoms with Crippen molar-refractivity contribution in [3.8, 4) is 0 Å². The molecule has 44 valence electrons. The lowest BCUT2D eigenvalue weighted by molar-refractivity contribution is 1.33. The molecule has 0 unspecified atom stereocenters. The van der Waals surface area contributed by atoms with Crippen LogP contribution in [0.25, 0.3) is 4.85 Å². The first-order valence-electron chi connectivity index (χ1n) is 2.32. The van der Waals surface area contributed by atoms with Crippen molar-refractivity contribution in [3.63, 3.8) is 0 Å². The summed E-state index contributed by atoms with van der Waals surface area (Å²) in [6.07, 6.45) is 1.67. The normalized spacial score (nSPS) is 8.44. The van der Waals surface area contributed by atoms with E-state index in [1.54, 1.807) is 12.3 Å². The van der Waals surface area contributed by atoms with E-state index in [0.717, 1.165) is 3.57 Å². The molecule has 0 saturated heterocycles. The van der Waals surface area contributed by atoms with Gasteiger partial charge in [-0.1, -0.05) is 12.6 Å². The second-order valence-electron chi connectivity index (χ2n) is 1.45. The summed E-state index contributed by atoms with van der Waals surface area (Å²) < 4.78 is 1.06. The fraction of sp³-hybridized carbons (Fsp3) is 0. The molecule has 0 amide bonds. The lowest BCUT2D eigenvalue weighted by Crippen LogP contribution is -1.71. The maximum atomic E-state index is 6.57. The molecule has 0 radical (unpaired) electrons. The Labute approximate surface area is 66.9 Å². The van der Waals surface area contributed by atoms with Crippen LogP contribution in [0.2, 0.25) is 0 Å². The Morgan fingerprint density at radius 2 is 2.33 bits per heavy atom. The predicted octanol–water partition coefficient (Wildman–Crippen LogP) is 2.24. The van der Waals surface area contributed by atoms with Crippen LogP contribution >= 0.6 is 22.6 Å². The van der Waals surface area contributed by atoms with Crippen LogP contribution in [0.4, 0.5) is 5.82 Å². The highest BCUT2D eigenvalue weighted by Gasteiger charge is 1.89. The van der Waals surface area contributed by atoms with Gasteiger partial charge in [-0.05, 0) is 28.7 Å². The molecule has 0 aliphatic heterocycles. The van der Waals surface area contributed by atoms with Crippen LogP contribution in [0.5, 0.6) is 0 Å². The highest BCUT2D eigenvalue weighted by Crippen LogP contribution is 2.08. The molecule has 0 aliphatic rings. The van der Waals surface area contributed by atoms with Gasteiger partial charge >= 0.3 is 0 Å². The number of pyridine rings is 1. The minimum absolute atomic E-state index is 0.454. The molecule has 1 rings (SSSR count). The number of nitrogens with zero attached hydrogens (tertiary/aromatic N) is 2. The van der Waals surface area contributed by atoms with Crippen molar-refractivity contribution in [1.82, 2.24) is 4.98 Å². The van der Waals surface area contributed by atoms with Gasteiger partial charge in [-0.2, -0.15) is 0 Å². The zero-order chi connectivity index (χ0) is 6.69. The van der Waals surface area contributed by atoms with Crippen LogP contribution in [0.1, 0.15) is 0 Å². The first-order valence-corrected chi connectivity index (χ1v) is 3.40. The smallest absolute Gasteiger partial charge is 0.269 e. The maximum Gasteiger partial charge on any atom is 0.269 e. The zero-order valence-electron chi connectivity index (χ0n) is 4.50. The third kappa shape index (κ3) is 1.64. The molecule has 0 saturated carbocycles. The molecule has 0 N–H and O–H groups in total. The van der Waals surface area contributed by atoms with E-state index in [2.05, 4.69) is 32.4 Å². The summed E-state index contributed by atoms with van der Waals surface area (Å²) in [6.45, 7) is 6.57. The third-order valence-corrected chi connectivity index (χ3v) is 1.46. The van der Waals surface area contributed by atoms with E-state index in [1.807, 2.05) is 6.07 Å². The molecule has 9 heavy (non-hydrogen) atoms. The average Bonchev–Trinajstić information content (AvgIpc) is 1.90. The van der Waals surface area contributed by atoms with E-state index in [-0.39, 0.29) is 0 Å². The molecule has 2 nitrogen and oxygen atoms in total. The van der Waals surface area contributed by atoms with Gasteiger partial charge in [0, 0.05) is 0 Å². The molecule has 1 aromatic heterocycles. The number of halogens is 1. The largest absolute Gasteiger partial charge is 0.361 e. The highest BCUT2D eigenvalue weighted by molar-refractivity contribution is 14.1. The maximum absolute atomic E-state index is 6.57. The molecule has 1 heterocycles. The van der Waals surface area contributed by atoms with Crippen LogP contribution in [0.15, 0.2) is 18.3 Å². The van der Waals surface area contributed by atoms with E-state index < -0.39 is 0 Å². The first kappa shape index (κ1) is 6.49. The lowest BCUT2D eigenvalue weighted by atomic mass is 10.5.